The van der Waals surface area contributed by atoms with Crippen LogP contribution in [0.2, 0.25) is 0 Å². The van der Waals surface area contributed by atoms with Gasteiger partial charge in [-0.25, -0.2) is 9.07 Å². The number of amides is 2. The Hall–Kier alpha value is -5.41. The molecule has 15 heteroatoms. The molecule has 0 aliphatic carbocycles. The van der Waals surface area contributed by atoms with E-state index in [1.807, 2.05) is 0 Å². The number of halogens is 1. The molecular weight excluding hydrogens is 563 g/mol. The third-order valence-corrected chi connectivity index (χ3v) is 7.10. The van der Waals surface area contributed by atoms with E-state index in [-0.39, 0.29) is 42.5 Å². The summed E-state index contributed by atoms with van der Waals surface area (Å²) in [6.45, 7) is -0.574. The molecule has 1 aliphatic rings. The van der Waals surface area contributed by atoms with Crippen LogP contribution in [0.5, 0.6) is 5.75 Å². The molecule has 1 unspecified atom stereocenters. The van der Waals surface area contributed by atoms with Crippen LogP contribution in [0.15, 0.2) is 71.6 Å². The number of carbonyl (C=O) groups is 2. The molecule has 6 rings (SSSR count). The zero-order valence-electron chi connectivity index (χ0n) is 22.4. The van der Waals surface area contributed by atoms with Crippen LogP contribution >= 0.6 is 0 Å². The number of phenolic OH excluding ortho intramolecular Hbond substituents is 1. The molecule has 0 radical (unpaired) electrons. The predicted octanol–water partition coefficient (Wildman–Crippen LogP) is 1.37. The Balaban J connectivity index is 1.32. The molecule has 5 aromatic rings. The van der Waals surface area contributed by atoms with E-state index >= 15 is 4.39 Å². The van der Waals surface area contributed by atoms with Crippen LogP contribution < -0.4 is 16.0 Å². The molecule has 1 aliphatic heterocycles. The van der Waals surface area contributed by atoms with E-state index in [0.717, 1.165) is 11.1 Å². The first-order chi connectivity index (χ1) is 20.7. The van der Waals surface area contributed by atoms with Crippen molar-refractivity contribution in [3.8, 4) is 11.4 Å². The average molecular weight is 589 g/mol. The monoisotopic (exact) mass is 588 g/mol. The lowest BCUT2D eigenvalue weighted by Crippen LogP contribution is -2.63. The summed E-state index contributed by atoms with van der Waals surface area (Å²) in [6, 6.07) is 12.4. The van der Waals surface area contributed by atoms with Crippen molar-refractivity contribution in [1.29, 1.82) is 0 Å². The number of nitrogens with one attached hydrogen (secondary N) is 1. The molecule has 3 aromatic heterocycles. The molecular formula is C28H25FN8O6. The summed E-state index contributed by atoms with van der Waals surface area (Å²) in [5, 5.41) is 40.8. The molecule has 5 N–H and O–H groups in total. The number of nitrogens with zero attached hydrogens (tertiary/aromatic N) is 6. The number of para-hydroxylation sites is 1. The minimum Gasteiger partial charge on any atom is -0.507 e. The number of aromatic hydroxyl groups is 1. The lowest BCUT2D eigenvalue weighted by molar-refractivity contribution is -0.157. The van der Waals surface area contributed by atoms with Crippen molar-refractivity contribution in [2.45, 2.75) is 18.1 Å². The first-order valence-corrected chi connectivity index (χ1v) is 13.1. The summed E-state index contributed by atoms with van der Waals surface area (Å²) in [7, 11) is 0. The van der Waals surface area contributed by atoms with Gasteiger partial charge >= 0.3 is 0 Å². The molecule has 220 valence electrons. The highest BCUT2D eigenvalue weighted by Gasteiger charge is 2.48. The fourth-order valence-corrected chi connectivity index (χ4v) is 4.97. The molecule has 2 atom stereocenters. The highest BCUT2D eigenvalue weighted by Crippen LogP contribution is 2.30. The number of fused-ring (bicyclic) bond motifs is 1. The van der Waals surface area contributed by atoms with Crippen molar-refractivity contribution in [2.75, 3.05) is 30.3 Å². The second-order valence-electron chi connectivity index (χ2n) is 9.97. The summed E-state index contributed by atoms with van der Waals surface area (Å²) in [5.41, 5.74) is 5.03. The zero-order chi connectivity index (χ0) is 30.1. The van der Waals surface area contributed by atoms with Gasteiger partial charge in [0.25, 0.3) is 11.8 Å². The smallest absolute Gasteiger partial charge is 0.260 e. The molecule has 2 aromatic carbocycles. The Labute approximate surface area is 242 Å². The van der Waals surface area contributed by atoms with E-state index in [0.29, 0.717) is 22.2 Å². The van der Waals surface area contributed by atoms with Gasteiger partial charge in [-0.3, -0.25) is 14.5 Å². The maximum absolute atomic E-state index is 15.1. The van der Waals surface area contributed by atoms with Gasteiger partial charge in [-0.2, -0.15) is 10.2 Å². The van der Waals surface area contributed by atoms with Gasteiger partial charge in [-0.05, 0) is 35.9 Å². The maximum atomic E-state index is 15.1. The summed E-state index contributed by atoms with van der Waals surface area (Å²) < 4.78 is 27.4. The Kier molecular flexibility index (Phi) is 7.17. The quantitative estimate of drug-likeness (QED) is 0.204. The van der Waals surface area contributed by atoms with Gasteiger partial charge in [0.15, 0.2) is 29.1 Å². The number of hydrogen-bond donors (Lipinski definition) is 4. The molecule has 4 heterocycles. The molecule has 0 saturated carbocycles. The summed E-state index contributed by atoms with van der Waals surface area (Å²) >= 11 is 0. The van der Waals surface area contributed by atoms with E-state index in [4.69, 9.17) is 15.0 Å². The molecule has 14 nitrogen and oxygen atoms in total. The zero-order valence-corrected chi connectivity index (χ0v) is 22.4. The van der Waals surface area contributed by atoms with Crippen LogP contribution in [0, 0.1) is 5.82 Å². The minimum absolute atomic E-state index is 0.0286. The van der Waals surface area contributed by atoms with E-state index in [2.05, 4.69) is 25.8 Å². The number of benzene rings is 2. The molecule has 1 saturated heterocycles. The van der Waals surface area contributed by atoms with Crippen LogP contribution in [-0.4, -0.2) is 78.6 Å². The number of nitrogen functional groups attached to an aromatic ring is 1. The largest absolute Gasteiger partial charge is 0.507 e. The standard InChI is InChI=1S/C28H25FN8O6/c29-20-14-37(17-7-8-32-33-13-17)34-25(20)36-9-10-42-23(27(36)40)28(41,15-31-26(39)18-3-1-2-4-21(18)38)12-16-5-6-19-22(11-16)43-35-24(19)30/h1-8,11,13-14,23,38,41H,9-10,12,15H2,(H2,30,35)(H,31,39)/t23-,28?/m0/s1. The van der Waals surface area contributed by atoms with E-state index in [1.54, 1.807) is 36.4 Å². The van der Waals surface area contributed by atoms with Crippen LogP contribution in [0.25, 0.3) is 16.7 Å². The number of morpholine rings is 1. The van der Waals surface area contributed by atoms with Crippen molar-refractivity contribution in [1.82, 2.24) is 30.5 Å². The molecule has 2 amide bonds. The third kappa shape index (κ3) is 5.33. The fraction of sp³-hybridized carbons (Fsp3) is 0.214. The van der Waals surface area contributed by atoms with E-state index in [9.17, 15) is 19.8 Å². The highest BCUT2D eigenvalue weighted by molar-refractivity contribution is 5.98. The van der Waals surface area contributed by atoms with Crippen LogP contribution in [-0.2, 0) is 16.0 Å². The highest BCUT2D eigenvalue weighted by atomic mass is 19.1. The fourth-order valence-electron chi connectivity index (χ4n) is 4.97. The average Bonchev–Trinajstić information content (AvgIpc) is 3.58. The summed E-state index contributed by atoms with van der Waals surface area (Å²) in [5.74, 6) is -2.58. The van der Waals surface area contributed by atoms with Crippen LogP contribution in [0.3, 0.4) is 0 Å². The topological polar surface area (TPSA) is 195 Å². The second kappa shape index (κ2) is 11.1. The second-order valence-corrected chi connectivity index (χ2v) is 9.97. The first kappa shape index (κ1) is 27.7. The van der Waals surface area contributed by atoms with Gasteiger partial charge in [-0.15, -0.1) is 5.10 Å². The van der Waals surface area contributed by atoms with Crippen LogP contribution in [0.4, 0.5) is 16.0 Å². The van der Waals surface area contributed by atoms with Crippen molar-refractivity contribution in [3.63, 3.8) is 0 Å². The van der Waals surface area contributed by atoms with Crippen molar-refractivity contribution >= 4 is 34.4 Å². The molecule has 0 spiro atoms. The van der Waals surface area contributed by atoms with Crippen molar-refractivity contribution < 1.29 is 33.5 Å². The predicted molar refractivity (Wildman–Crippen MR) is 149 cm³/mol. The number of hydrogen-bond acceptors (Lipinski definition) is 11. The number of ether oxygens (including phenoxy) is 1. The van der Waals surface area contributed by atoms with Gasteiger partial charge in [0.2, 0.25) is 0 Å². The lowest BCUT2D eigenvalue weighted by Gasteiger charge is -2.40. The number of nitrogens with two attached hydrogens (primary N) is 1. The van der Waals surface area contributed by atoms with Gasteiger partial charge in [0.1, 0.15) is 11.4 Å². The molecule has 43 heavy (non-hydrogen) atoms. The third-order valence-electron chi connectivity index (χ3n) is 7.10. The number of aromatic nitrogens is 5. The lowest BCUT2D eigenvalue weighted by atomic mass is 9.86. The molecule has 0 bridgehead atoms. The Bertz CT molecular complexity index is 1810. The van der Waals surface area contributed by atoms with Crippen molar-refractivity contribution in [3.05, 3.63) is 84.1 Å². The Morgan fingerprint density at radius 3 is 2.84 bits per heavy atom. The number of aliphatic hydroxyl groups is 1. The van der Waals surface area contributed by atoms with Gasteiger partial charge in [0, 0.05) is 6.42 Å². The number of carbonyl (C=O) groups excluding carboxylic acids is 2. The summed E-state index contributed by atoms with van der Waals surface area (Å²) in [6.07, 6.45) is 2.15. The van der Waals surface area contributed by atoms with E-state index < -0.39 is 35.9 Å². The minimum atomic E-state index is -2.05. The first-order valence-electron chi connectivity index (χ1n) is 13.1. The van der Waals surface area contributed by atoms with Gasteiger partial charge < -0.3 is 30.5 Å². The number of phenols is 1. The Morgan fingerprint density at radius 2 is 2.05 bits per heavy atom. The van der Waals surface area contributed by atoms with E-state index in [1.165, 1.54) is 29.2 Å². The number of anilines is 2. The molecule has 1 fully saturated rings. The SMILES string of the molecule is Nc1noc2cc(CC(O)(CNC(=O)c3ccccc3O)[C@H]3OCCN(c4nn(-c5ccnnc5)cc4F)C3=O)ccc12. The van der Waals surface area contributed by atoms with Crippen LogP contribution in [0.1, 0.15) is 15.9 Å². The van der Waals surface area contributed by atoms with Gasteiger partial charge in [0.05, 0.1) is 54.9 Å². The number of rotatable bonds is 8. The Morgan fingerprint density at radius 1 is 1.21 bits per heavy atom. The van der Waals surface area contributed by atoms with Crippen molar-refractivity contribution in [2.24, 2.45) is 0 Å². The summed E-state index contributed by atoms with van der Waals surface area (Å²) in [4.78, 5) is 27.9. The van der Waals surface area contributed by atoms with Gasteiger partial charge in [-0.1, -0.05) is 23.4 Å². The maximum Gasteiger partial charge on any atom is 0.260 e. The normalized spacial score (nSPS) is 16.7.